The van der Waals surface area contributed by atoms with Gasteiger partial charge in [-0.15, -0.1) is 0 Å². The third-order valence-corrected chi connectivity index (χ3v) is 3.53. The minimum absolute atomic E-state index is 0.455. The fourth-order valence-corrected chi connectivity index (χ4v) is 2.38. The summed E-state index contributed by atoms with van der Waals surface area (Å²) in [4.78, 5) is 9.00. The van der Waals surface area contributed by atoms with E-state index in [0.29, 0.717) is 11.0 Å². The van der Waals surface area contributed by atoms with Gasteiger partial charge in [0, 0.05) is 17.0 Å². The van der Waals surface area contributed by atoms with Crippen LogP contribution in [-0.4, -0.2) is 17.1 Å². The van der Waals surface area contributed by atoms with E-state index < -0.39 is 0 Å². The van der Waals surface area contributed by atoms with E-state index in [1.54, 1.807) is 7.11 Å². The van der Waals surface area contributed by atoms with Crippen molar-refractivity contribution < 1.29 is 4.74 Å². The van der Waals surface area contributed by atoms with E-state index in [4.69, 9.17) is 16.3 Å². The van der Waals surface area contributed by atoms with Crippen molar-refractivity contribution in [2.45, 2.75) is 6.92 Å². The predicted octanol–water partition coefficient (Wildman–Crippen LogP) is 4.27. The molecule has 4 heteroatoms. The molecule has 3 rings (SSSR count). The maximum Gasteiger partial charge on any atom is 0.161 e. The second kappa shape index (κ2) is 5.10. The number of aryl methyl sites for hydroxylation is 1. The molecular formula is C16H13ClN2O. The van der Waals surface area contributed by atoms with E-state index in [1.165, 1.54) is 0 Å². The van der Waals surface area contributed by atoms with Gasteiger partial charge in [0.25, 0.3) is 0 Å². The SMILES string of the molecule is COc1ccc2c(Cl)nc(-c3ccccc3C)nc2c1. The molecule has 2 aromatic carbocycles. The highest BCUT2D eigenvalue weighted by atomic mass is 35.5. The lowest BCUT2D eigenvalue weighted by atomic mass is 10.1. The Bertz CT molecular complexity index is 787. The molecule has 3 nitrogen and oxygen atoms in total. The zero-order valence-corrected chi connectivity index (χ0v) is 12.0. The van der Waals surface area contributed by atoms with Gasteiger partial charge in [-0.3, -0.25) is 0 Å². The molecule has 0 fully saturated rings. The highest BCUT2D eigenvalue weighted by molar-refractivity contribution is 6.34. The summed E-state index contributed by atoms with van der Waals surface area (Å²) in [5.41, 5.74) is 2.88. The highest BCUT2D eigenvalue weighted by Gasteiger charge is 2.10. The lowest BCUT2D eigenvalue weighted by Crippen LogP contribution is -1.94. The van der Waals surface area contributed by atoms with Crippen LogP contribution in [0.15, 0.2) is 42.5 Å². The molecule has 1 aromatic heterocycles. The topological polar surface area (TPSA) is 35.0 Å². The van der Waals surface area contributed by atoms with Gasteiger partial charge in [0.2, 0.25) is 0 Å². The van der Waals surface area contributed by atoms with Crippen LogP contribution >= 0.6 is 11.6 Å². The molecule has 0 unspecified atom stereocenters. The second-order valence-corrected chi connectivity index (χ2v) is 4.89. The fourth-order valence-electron chi connectivity index (χ4n) is 2.14. The van der Waals surface area contributed by atoms with Gasteiger partial charge < -0.3 is 4.74 Å². The number of nitrogens with zero attached hydrogens (tertiary/aromatic N) is 2. The molecule has 0 aliphatic carbocycles. The zero-order chi connectivity index (χ0) is 14.1. The Morgan fingerprint density at radius 2 is 1.85 bits per heavy atom. The Morgan fingerprint density at radius 3 is 2.60 bits per heavy atom. The Labute approximate surface area is 122 Å². The molecule has 3 aromatic rings. The second-order valence-electron chi connectivity index (χ2n) is 4.54. The Hall–Kier alpha value is -2.13. The maximum absolute atomic E-state index is 6.27. The van der Waals surface area contributed by atoms with Gasteiger partial charge in [0.1, 0.15) is 10.9 Å². The standard InChI is InChI=1S/C16H13ClN2O/c1-10-5-3-4-6-12(10)16-18-14-9-11(20-2)7-8-13(14)15(17)19-16/h3-9H,1-2H3. The van der Waals surface area contributed by atoms with Crippen molar-refractivity contribution in [2.75, 3.05) is 7.11 Å². The molecule has 0 saturated carbocycles. The Balaban J connectivity index is 2.25. The van der Waals surface area contributed by atoms with E-state index >= 15 is 0 Å². The summed E-state index contributed by atoms with van der Waals surface area (Å²) in [7, 11) is 1.63. The summed E-state index contributed by atoms with van der Waals surface area (Å²) in [5.74, 6) is 1.39. The van der Waals surface area contributed by atoms with E-state index in [-0.39, 0.29) is 0 Å². The molecule has 0 radical (unpaired) electrons. The number of hydrogen-bond donors (Lipinski definition) is 0. The van der Waals surface area contributed by atoms with Crippen LogP contribution in [0.4, 0.5) is 0 Å². The monoisotopic (exact) mass is 284 g/mol. The average molecular weight is 285 g/mol. The van der Waals surface area contributed by atoms with E-state index in [2.05, 4.69) is 9.97 Å². The summed E-state index contributed by atoms with van der Waals surface area (Å²) < 4.78 is 5.23. The largest absolute Gasteiger partial charge is 0.497 e. The first-order valence-electron chi connectivity index (χ1n) is 6.26. The highest BCUT2D eigenvalue weighted by Crippen LogP contribution is 2.28. The molecule has 0 spiro atoms. The summed E-state index contributed by atoms with van der Waals surface area (Å²) >= 11 is 6.27. The molecule has 0 saturated heterocycles. The van der Waals surface area contributed by atoms with Crippen LogP contribution < -0.4 is 4.74 Å². The quantitative estimate of drug-likeness (QED) is 0.659. The van der Waals surface area contributed by atoms with Crippen LogP contribution in [0, 0.1) is 6.92 Å². The van der Waals surface area contributed by atoms with Crippen LogP contribution in [0.3, 0.4) is 0 Å². The first-order valence-corrected chi connectivity index (χ1v) is 6.64. The summed E-state index contributed by atoms with van der Waals surface area (Å²) in [6, 6.07) is 13.6. The van der Waals surface area contributed by atoms with Crippen molar-refractivity contribution >= 4 is 22.5 Å². The number of halogens is 1. The van der Waals surface area contributed by atoms with Gasteiger partial charge in [-0.25, -0.2) is 9.97 Å². The number of ether oxygens (including phenoxy) is 1. The van der Waals surface area contributed by atoms with Gasteiger partial charge in [0.15, 0.2) is 5.82 Å². The molecule has 0 aliphatic heterocycles. The molecule has 0 N–H and O–H groups in total. The third-order valence-electron chi connectivity index (χ3n) is 3.24. The van der Waals surface area contributed by atoms with E-state index in [1.807, 2.05) is 49.4 Å². The zero-order valence-electron chi connectivity index (χ0n) is 11.2. The number of methoxy groups -OCH3 is 1. The number of rotatable bonds is 2. The van der Waals surface area contributed by atoms with Crippen LogP contribution in [0.25, 0.3) is 22.3 Å². The number of hydrogen-bond acceptors (Lipinski definition) is 3. The summed E-state index contributed by atoms with van der Waals surface area (Å²) in [6.45, 7) is 2.03. The number of aromatic nitrogens is 2. The number of fused-ring (bicyclic) bond motifs is 1. The van der Waals surface area contributed by atoms with Gasteiger partial charge in [0.05, 0.1) is 12.6 Å². The third kappa shape index (κ3) is 2.21. The van der Waals surface area contributed by atoms with Crippen molar-refractivity contribution in [1.29, 1.82) is 0 Å². The minimum atomic E-state index is 0.455. The van der Waals surface area contributed by atoms with Gasteiger partial charge in [-0.05, 0) is 24.6 Å². The molecular weight excluding hydrogens is 272 g/mol. The first kappa shape index (κ1) is 12.9. The maximum atomic E-state index is 6.27. The minimum Gasteiger partial charge on any atom is -0.497 e. The Morgan fingerprint density at radius 1 is 1.05 bits per heavy atom. The van der Waals surface area contributed by atoms with E-state index in [9.17, 15) is 0 Å². The number of benzene rings is 2. The normalized spacial score (nSPS) is 10.8. The van der Waals surface area contributed by atoms with Crippen LogP contribution in [0.5, 0.6) is 5.75 Å². The van der Waals surface area contributed by atoms with Crippen molar-refractivity contribution in [3.05, 3.63) is 53.2 Å². The van der Waals surface area contributed by atoms with Crippen molar-refractivity contribution in [2.24, 2.45) is 0 Å². The lowest BCUT2D eigenvalue weighted by molar-refractivity contribution is 0.415. The fraction of sp³-hybridized carbons (Fsp3) is 0.125. The molecule has 0 amide bonds. The van der Waals surface area contributed by atoms with Crippen molar-refractivity contribution in [1.82, 2.24) is 9.97 Å². The molecule has 20 heavy (non-hydrogen) atoms. The van der Waals surface area contributed by atoms with Crippen LogP contribution in [-0.2, 0) is 0 Å². The first-order chi connectivity index (χ1) is 9.69. The molecule has 0 atom stereocenters. The van der Waals surface area contributed by atoms with Crippen molar-refractivity contribution in [3.8, 4) is 17.1 Å². The smallest absolute Gasteiger partial charge is 0.161 e. The van der Waals surface area contributed by atoms with Crippen molar-refractivity contribution in [3.63, 3.8) is 0 Å². The summed E-state index contributed by atoms with van der Waals surface area (Å²) in [5, 5.41) is 1.28. The molecule has 0 bridgehead atoms. The average Bonchev–Trinajstić information content (AvgIpc) is 2.47. The van der Waals surface area contributed by atoms with E-state index in [0.717, 1.165) is 27.8 Å². The predicted molar refractivity (Wildman–Crippen MR) is 81.3 cm³/mol. The van der Waals surface area contributed by atoms with Gasteiger partial charge in [-0.2, -0.15) is 0 Å². The van der Waals surface area contributed by atoms with Crippen LogP contribution in [0.2, 0.25) is 5.15 Å². The molecule has 1 heterocycles. The lowest BCUT2D eigenvalue weighted by Gasteiger charge is -2.08. The summed E-state index contributed by atoms with van der Waals surface area (Å²) in [6.07, 6.45) is 0. The van der Waals surface area contributed by atoms with Crippen LogP contribution in [0.1, 0.15) is 5.56 Å². The molecule has 0 aliphatic rings. The van der Waals surface area contributed by atoms with Gasteiger partial charge >= 0.3 is 0 Å². The molecule has 100 valence electrons. The Kier molecular flexibility index (Phi) is 3.28. The van der Waals surface area contributed by atoms with Gasteiger partial charge in [-0.1, -0.05) is 35.9 Å².